The molecule has 0 spiro atoms. The van der Waals surface area contributed by atoms with Crippen LogP contribution in [0.3, 0.4) is 0 Å². The highest BCUT2D eigenvalue weighted by atomic mass is 16.6. The summed E-state index contributed by atoms with van der Waals surface area (Å²) in [6, 6.07) is 6.55. The van der Waals surface area contributed by atoms with Gasteiger partial charge in [-0.3, -0.25) is 0 Å². The zero-order valence-electron chi connectivity index (χ0n) is 14.7. The maximum atomic E-state index is 12.2. The molecular weight excluding hydrogens is 308 g/mol. The van der Waals surface area contributed by atoms with Crippen molar-refractivity contribution in [3.63, 3.8) is 0 Å². The fourth-order valence-electron chi connectivity index (χ4n) is 2.20. The summed E-state index contributed by atoms with van der Waals surface area (Å²) in [4.78, 5) is 24.3. The molecule has 5 nitrogen and oxygen atoms in total. The lowest BCUT2D eigenvalue weighted by atomic mass is 10.1. The molecule has 134 valence electrons. The van der Waals surface area contributed by atoms with E-state index in [0.29, 0.717) is 19.8 Å². The van der Waals surface area contributed by atoms with Gasteiger partial charge in [-0.1, -0.05) is 44.7 Å². The highest BCUT2D eigenvalue weighted by Crippen LogP contribution is 2.13. The lowest BCUT2D eigenvalue weighted by molar-refractivity contribution is 0.0325. The molecule has 1 rings (SSSR count). The molecule has 0 radical (unpaired) electrons. The predicted octanol–water partition coefficient (Wildman–Crippen LogP) is 4.01. The summed E-state index contributed by atoms with van der Waals surface area (Å²) in [5.41, 5.74) is 0.470. The van der Waals surface area contributed by atoms with Gasteiger partial charge >= 0.3 is 11.9 Å². The fourth-order valence-corrected chi connectivity index (χ4v) is 2.20. The van der Waals surface area contributed by atoms with Crippen molar-refractivity contribution in [2.45, 2.75) is 46.0 Å². The molecule has 0 aliphatic carbocycles. The predicted molar refractivity (Wildman–Crippen MR) is 92.3 cm³/mol. The van der Waals surface area contributed by atoms with E-state index in [0.717, 1.165) is 19.3 Å². The molecule has 5 heteroatoms. The van der Waals surface area contributed by atoms with Crippen LogP contribution in [0.15, 0.2) is 24.3 Å². The van der Waals surface area contributed by atoms with Crippen molar-refractivity contribution in [1.82, 2.24) is 0 Å². The standard InChI is InChI=1S/C19H28O5/c1-3-5-6-7-10-13-23-18(20)16-11-8-9-12-17(16)19(21)24-15-14-22-4-2/h8-9,11-12H,3-7,10,13-15H2,1-2H3. The summed E-state index contributed by atoms with van der Waals surface area (Å²) < 4.78 is 15.5. The Balaban J connectivity index is 2.49. The van der Waals surface area contributed by atoms with Crippen LogP contribution in [0.2, 0.25) is 0 Å². The summed E-state index contributed by atoms with van der Waals surface area (Å²) >= 11 is 0. The van der Waals surface area contributed by atoms with E-state index in [-0.39, 0.29) is 17.7 Å². The first kappa shape index (κ1) is 20.2. The van der Waals surface area contributed by atoms with Crippen LogP contribution in [-0.2, 0) is 14.2 Å². The maximum Gasteiger partial charge on any atom is 0.339 e. The Morgan fingerprint density at radius 2 is 1.38 bits per heavy atom. The second-order valence-corrected chi connectivity index (χ2v) is 5.43. The zero-order chi connectivity index (χ0) is 17.6. The molecule has 0 saturated heterocycles. The number of carbonyl (C=O) groups excluding carboxylic acids is 2. The van der Waals surface area contributed by atoms with Gasteiger partial charge in [0.2, 0.25) is 0 Å². The maximum absolute atomic E-state index is 12.2. The number of hydrogen-bond acceptors (Lipinski definition) is 5. The van der Waals surface area contributed by atoms with Crippen LogP contribution in [0.25, 0.3) is 0 Å². The number of esters is 2. The lowest BCUT2D eigenvalue weighted by Crippen LogP contribution is -2.16. The molecule has 0 unspecified atom stereocenters. The number of hydrogen-bond donors (Lipinski definition) is 0. The Labute approximate surface area is 144 Å². The van der Waals surface area contributed by atoms with E-state index in [1.54, 1.807) is 24.3 Å². The lowest BCUT2D eigenvalue weighted by Gasteiger charge is -2.10. The second kappa shape index (κ2) is 12.5. The van der Waals surface area contributed by atoms with Crippen LogP contribution in [0.4, 0.5) is 0 Å². The van der Waals surface area contributed by atoms with E-state index in [1.807, 2.05) is 6.92 Å². The topological polar surface area (TPSA) is 61.8 Å². The van der Waals surface area contributed by atoms with Crippen molar-refractivity contribution in [1.29, 1.82) is 0 Å². The minimum Gasteiger partial charge on any atom is -0.462 e. The van der Waals surface area contributed by atoms with Crippen LogP contribution >= 0.6 is 0 Å². The molecule has 24 heavy (non-hydrogen) atoms. The van der Waals surface area contributed by atoms with E-state index < -0.39 is 11.9 Å². The van der Waals surface area contributed by atoms with E-state index in [1.165, 1.54) is 12.8 Å². The Kier molecular flexibility index (Phi) is 10.5. The molecule has 0 aliphatic heterocycles. The third-order valence-electron chi connectivity index (χ3n) is 3.51. The van der Waals surface area contributed by atoms with E-state index >= 15 is 0 Å². The van der Waals surface area contributed by atoms with Crippen molar-refractivity contribution < 1.29 is 23.8 Å². The molecule has 0 fully saturated rings. The monoisotopic (exact) mass is 336 g/mol. The third-order valence-corrected chi connectivity index (χ3v) is 3.51. The van der Waals surface area contributed by atoms with Gasteiger partial charge < -0.3 is 14.2 Å². The van der Waals surface area contributed by atoms with Gasteiger partial charge in [-0.25, -0.2) is 9.59 Å². The molecule has 0 saturated carbocycles. The van der Waals surface area contributed by atoms with Gasteiger partial charge in [0.1, 0.15) is 6.61 Å². The van der Waals surface area contributed by atoms with Crippen molar-refractivity contribution in [3.8, 4) is 0 Å². The van der Waals surface area contributed by atoms with Crippen LogP contribution in [-0.4, -0.2) is 38.4 Å². The van der Waals surface area contributed by atoms with Gasteiger partial charge in [0.05, 0.1) is 24.3 Å². The summed E-state index contributed by atoms with van der Waals surface area (Å²) in [6.45, 7) is 5.47. The molecule has 0 N–H and O–H groups in total. The zero-order valence-corrected chi connectivity index (χ0v) is 14.7. The molecule has 1 aromatic rings. The first-order chi connectivity index (χ1) is 11.7. The average molecular weight is 336 g/mol. The second-order valence-electron chi connectivity index (χ2n) is 5.43. The molecule has 0 amide bonds. The molecule has 0 bridgehead atoms. The SMILES string of the molecule is CCCCCCCOC(=O)c1ccccc1C(=O)OCCOCC. The number of rotatable bonds is 12. The minimum atomic E-state index is -0.537. The molecule has 0 atom stereocenters. The largest absolute Gasteiger partial charge is 0.462 e. The summed E-state index contributed by atoms with van der Waals surface area (Å²) in [5.74, 6) is -1.02. The molecule has 0 aromatic heterocycles. The number of ether oxygens (including phenoxy) is 3. The smallest absolute Gasteiger partial charge is 0.339 e. The van der Waals surface area contributed by atoms with Gasteiger partial charge in [0.15, 0.2) is 0 Å². The fraction of sp³-hybridized carbons (Fsp3) is 0.579. The molecule has 0 heterocycles. The van der Waals surface area contributed by atoms with Crippen LogP contribution in [0.1, 0.15) is 66.7 Å². The highest BCUT2D eigenvalue weighted by molar-refractivity contribution is 6.03. The first-order valence-electron chi connectivity index (χ1n) is 8.71. The van der Waals surface area contributed by atoms with E-state index in [9.17, 15) is 9.59 Å². The summed E-state index contributed by atoms with van der Waals surface area (Å²) in [5, 5.41) is 0. The molecular formula is C19H28O5. The number of unbranched alkanes of at least 4 members (excludes halogenated alkanes) is 4. The van der Waals surface area contributed by atoms with Gasteiger partial charge in [-0.2, -0.15) is 0 Å². The van der Waals surface area contributed by atoms with Crippen LogP contribution in [0.5, 0.6) is 0 Å². The van der Waals surface area contributed by atoms with E-state index in [4.69, 9.17) is 14.2 Å². The minimum absolute atomic E-state index is 0.160. The van der Waals surface area contributed by atoms with Crippen molar-refractivity contribution in [2.75, 3.05) is 26.4 Å². The quantitative estimate of drug-likeness (QED) is 0.426. The average Bonchev–Trinajstić information content (AvgIpc) is 2.61. The Hall–Kier alpha value is -1.88. The number of carbonyl (C=O) groups is 2. The van der Waals surface area contributed by atoms with Gasteiger partial charge in [0, 0.05) is 6.61 Å². The van der Waals surface area contributed by atoms with Crippen molar-refractivity contribution in [3.05, 3.63) is 35.4 Å². The number of benzene rings is 1. The Morgan fingerprint density at radius 1 is 0.792 bits per heavy atom. The Bertz CT molecular complexity index is 498. The van der Waals surface area contributed by atoms with Crippen LogP contribution < -0.4 is 0 Å². The molecule has 1 aromatic carbocycles. The van der Waals surface area contributed by atoms with E-state index in [2.05, 4.69) is 6.92 Å². The first-order valence-corrected chi connectivity index (χ1v) is 8.71. The third kappa shape index (κ3) is 7.59. The van der Waals surface area contributed by atoms with Crippen molar-refractivity contribution in [2.24, 2.45) is 0 Å². The van der Waals surface area contributed by atoms with Crippen molar-refractivity contribution >= 4 is 11.9 Å². The van der Waals surface area contributed by atoms with Crippen LogP contribution in [0, 0.1) is 0 Å². The summed E-state index contributed by atoms with van der Waals surface area (Å²) in [7, 11) is 0. The normalized spacial score (nSPS) is 10.4. The Morgan fingerprint density at radius 3 is 1.96 bits per heavy atom. The van der Waals surface area contributed by atoms with Gasteiger partial charge in [0.25, 0.3) is 0 Å². The molecule has 0 aliphatic rings. The highest BCUT2D eigenvalue weighted by Gasteiger charge is 2.18. The van der Waals surface area contributed by atoms with Gasteiger partial charge in [-0.05, 0) is 25.5 Å². The van der Waals surface area contributed by atoms with Gasteiger partial charge in [-0.15, -0.1) is 0 Å². The summed E-state index contributed by atoms with van der Waals surface area (Å²) in [6.07, 6.45) is 5.41.